The van der Waals surface area contributed by atoms with Crippen LogP contribution < -0.4 is 4.90 Å². The second-order valence-electron chi connectivity index (χ2n) is 5.34. The summed E-state index contributed by atoms with van der Waals surface area (Å²) < 4.78 is 2.09. The number of hydrogen-bond donors (Lipinski definition) is 1. The van der Waals surface area contributed by atoms with Crippen LogP contribution in [0.4, 0.5) is 5.95 Å². The van der Waals surface area contributed by atoms with Crippen molar-refractivity contribution >= 4 is 23.7 Å². The Balaban J connectivity index is 2.16. The minimum absolute atomic E-state index is 0.0265. The van der Waals surface area contributed by atoms with Crippen molar-refractivity contribution in [1.29, 1.82) is 0 Å². The third kappa shape index (κ3) is 3.62. The molecule has 1 aromatic rings. The first kappa shape index (κ1) is 14.2. The lowest BCUT2D eigenvalue weighted by atomic mass is 10.2. The molecule has 0 bridgehead atoms. The Bertz CT molecular complexity index is 457. The van der Waals surface area contributed by atoms with Crippen molar-refractivity contribution in [3.63, 3.8) is 0 Å². The van der Waals surface area contributed by atoms with Gasteiger partial charge in [-0.2, -0.15) is 0 Å². The molecule has 7 heteroatoms. The summed E-state index contributed by atoms with van der Waals surface area (Å²) >= 11 is 1.24. The summed E-state index contributed by atoms with van der Waals surface area (Å²) in [5.41, 5.74) is 0. The Morgan fingerprint density at radius 3 is 2.74 bits per heavy atom. The highest BCUT2D eigenvalue weighted by atomic mass is 32.2. The van der Waals surface area contributed by atoms with E-state index >= 15 is 0 Å². The predicted molar refractivity (Wildman–Crippen MR) is 74.8 cm³/mol. The Kier molecular flexibility index (Phi) is 4.34. The summed E-state index contributed by atoms with van der Waals surface area (Å²) in [5.74, 6) is 0.597. The van der Waals surface area contributed by atoms with Crippen LogP contribution in [0.15, 0.2) is 5.16 Å². The third-order valence-corrected chi connectivity index (χ3v) is 3.79. The molecule has 19 heavy (non-hydrogen) atoms. The van der Waals surface area contributed by atoms with Crippen molar-refractivity contribution in [2.24, 2.45) is 5.92 Å². The first-order valence-corrected chi connectivity index (χ1v) is 7.48. The van der Waals surface area contributed by atoms with Gasteiger partial charge in [0.2, 0.25) is 5.95 Å². The highest BCUT2D eigenvalue weighted by molar-refractivity contribution is 7.99. The first-order chi connectivity index (χ1) is 8.99. The maximum absolute atomic E-state index is 10.7. The fraction of sp³-hybridized carbons (Fsp3) is 0.750. The number of anilines is 1. The molecule has 1 aliphatic carbocycles. The van der Waals surface area contributed by atoms with Gasteiger partial charge >= 0.3 is 5.97 Å². The number of thioether (sulfide) groups is 1. The molecule has 1 fully saturated rings. The van der Waals surface area contributed by atoms with Crippen LogP contribution in [0.3, 0.4) is 0 Å². The van der Waals surface area contributed by atoms with E-state index in [9.17, 15) is 4.79 Å². The standard InChI is InChI=1S/C12H20N4O2S/c1-8(2)6-15(3)11-13-14-12(19-7-10(17)18)16(11)9-4-5-9/h8-9H,4-7H2,1-3H3,(H,17,18). The van der Waals surface area contributed by atoms with Crippen molar-refractivity contribution in [2.45, 2.75) is 37.9 Å². The Morgan fingerprint density at radius 1 is 1.53 bits per heavy atom. The summed E-state index contributed by atoms with van der Waals surface area (Å²) in [7, 11) is 2.01. The van der Waals surface area contributed by atoms with Crippen molar-refractivity contribution in [3.8, 4) is 0 Å². The van der Waals surface area contributed by atoms with Gasteiger partial charge in [0.05, 0.1) is 5.75 Å². The molecule has 1 aliphatic rings. The van der Waals surface area contributed by atoms with E-state index in [2.05, 4.69) is 33.5 Å². The van der Waals surface area contributed by atoms with Gasteiger partial charge in [0, 0.05) is 19.6 Å². The van der Waals surface area contributed by atoms with Gasteiger partial charge in [0.25, 0.3) is 0 Å². The molecule has 1 aromatic heterocycles. The van der Waals surface area contributed by atoms with E-state index in [1.54, 1.807) is 0 Å². The highest BCUT2D eigenvalue weighted by Crippen LogP contribution is 2.40. The molecule has 0 spiro atoms. The summed E-state index contributed by atoms with van der Waals surface area (Å²) in [5, 5.41) is 17.9. The number of nitrogens with zero attached hydrogens (tertiary/aromatic N) is 4. The van der Waals surface area contributed by atoms with Crippen LogP contribution in [0.2, 0.25) is 0 Å². The van der Waals surface area contributed by atoms with Gasteiger partial charge < -0.3 is 10.0 Å². The summed E-state index contributed by atoms with van der Waals surface area (Å²) in [6, 6.07) is 0.441. The molecule has 0 aliphatic heterocycles. The minimum atomic E-state index is -0.826. The molecule has 6 nitrogen and oxygen atoms in total. The van der Waals surface area contributed by atoms with Gasteiger partial charge in [-0.25, -0.2) is 0 Å². The van der Waals surface area contributed by atoms with Crippen LogP contribution in [0.25, 0.3) is 0 Å². The third-order valence-electron chi connectivity index (χ3n) is 2.86. The molecule has 0 aromatic carbocycles. The van der Waals surface area contributed by atoms with Crippen molar-refractivity contribution < 1.29 is 9.90 Å². The molecule has 1 heterocycles. The van der Waals surface area contributed by atoms with E-state index in [1.165, 1.54) is 11.8 Å². The summed E-state index contributed by atoms with van der Waals surface area (Å²) in [6.07, 6.45) is 2.25. The topological polar surface area (TPSA) is 71.2 Å². The number of aliphatic carboxylic acids is 1. The Labute approximate surface area is 117 Å². The number of carboxylic acids is 1. The van der Waals surface area contributed by atoms with Crippen molar-refractivity contribution in [3.05, 3.63) is 0 Å². The van der Waals surface area contributed by atoms with Crippen LogP contribution in [0.1, 0.15) is 32.7 Å². The maximum atomic E-state index is 10.7. The lowest BCUT2D eigenvalue weighted by Gasteiger charge is -2.21. The van der Waals surface area contributed by atoms with Crippen LogP contribution in [-0.2, 0) is 4.79 Å². The lowest BCUT2D eigenvalue weighted by Crippen LogP contribution is -2.25. The zero-order chi connectivity index (χ0) is 14.0. The number of carbonyl (C=O) groups is 1. The average Bonchev–Trinajstić information content (AvgIpc) is 3.05. The number of rotatable bonds is 7. The van der Waals surface area contributed by atoms with Gasteiger partial charge in [0.15, 0.2) is 5.16 Å². The smallest absolute Gasteiger partial charge is 0.313 e. The van der Waals surface area contributed by atoms with Crippen LogP contribution >= 0.6 is 11.8 Å². The zero-order valence-electron chi connectivity index (χ0n) is 11.5. The van der Waals surface area contributed by atoms with Crippen molar-refractivity contribution in [2.75, 3.05) is 24.2 Å². The Hall–Kier alpha value is -1.24. The van der Waals surface area contributed by atoms with E-state index < -0.39 is 5.97 Å². The van der Waals surface area contributed by atoms with Gasteiger partial charge in [-0.05, 0) is 18.8 Å². The zero-order valence-corrected chi connectivity index (χ0v) is 12.4. The fourth-order valence-corrected chi connectivity index (χ4v) is 2.76. The average molecular weight is 284 g/mol. The normalized spacial score (nSPS) is 14.9. The van der Waals surface area contributed by atoms with Crippen LogP contribution in [-0.4, -0.2) is 45.2 Å². The molecule has 2 rings (SSSR count). The second kappa shape index (κ2) is 5.81. The van der Waals surface area contributed by atoms with Crippen molar-refractivity contribution in [1.82, 2.24) is 14.8 Å². The van der Waals surface area contributed by atoms with E-state index in [4.69, 9.17) is 5.11 Å². The van der Waals surface area contributed by atoms with E-state index in [-0.39, 0.29) is 5.75 Å². The molecule has 0 unspecified atom stereocenters. The predicted octanol–water partition coefficient (Wildman–Crippen LogP) is 1.88. The minimum Gasteiger partial charge on any atom is -0.481 e. The monoisotopic (exact) mass is 284 g/mol. The molecule has 0 radical (unpaired) electrons. The molecule has 106 valence electrons. The maximum Gasteiger partial charge on any atom is 0.313 e. The molecule has 0 atom stereocenters. The van der Waals surface area contributed by atoms with Gasteiger partial charge in [0.1, 0.15) is 0 Å². The van der Waals surface area contributed by atoms with Crippen LogP contribution in [0, 0.1) is 5.92 Å². The quantitative estimate of drug-likeness (QED) is 0.771. The first-order valence-electron chi connectivity index (χ1n) is 6.49. The largest absolute Gasteiger partial charge is 0.481 e. The lowest BCUT2D eigenvalue weighted by molar-refractivity contribution is -0.133. The number of carboxylic acid groups (broad SMARTS) is 1. The van der Waals surface area contributed by atoms with E-state index in [1.807, 2.05) is 7.05 Å². The van der Waals surface area contributed by atoms with Gasteiger partial charge in [-0.3, -0.25) is 9.36 Å². The SMILES string of the molecule is CC(C)CN(C)c1nnc(SCC(=O)O)n1C1CC1. The molecular formula is C12H20N4O2S. The molecule has 0 amide bonds. The summed E-state index contributed by atoms with van der Waals surface area (Å²) in [4.78, 5) is 12.8. The highest BCUT2D eigenvalue weighted by Gasteiger charge is 2.31. The molecule has 1 N–H and O–H groups in total. The Morgan fingerprint density at radius 2 is 2.21 bits per heavy atom. The molecule has 1 saturated carbocycles. The number of aromatic nitrogens is 3. The van der Waals surface area contributed by atoms with Gasteiger partial charge in [-0.15, -0.1) is 10.2 Å². The van der Waals surface area contributed by atoms with E-state index in [0.717, 1.165) is 30.5 Å². The summed E-state index contributed by atoms with van der Waals surface area (Å²) in [6.45, 7) is 5.23. The number of hydrogen-bond acceptors (Lipinski definition) is 5. The van der Waals surface area contributed by atoms with E-state index in [0.29, 0.717) is 12.0 Å². The van der Waals surface area contributed by atoms with Gasteiger partial charge in [-0.1, -0.05) is 25.6 Å². The fourth-order valence-electron chi connectivity index (χ4n) is 2.04. The van der Waals surface area contributed by atoms with Crippen LogP contribution in [0.5, 0.6) is 0 Å². The molecular weight excluding hydrogens is 264 g/mol. The second-order valence-corrected chi connectivity index (χ2v) is 6.28. The molecule has 0 saturated heterocycles.